The number of nitrogens with zero attached hydrogens (tertiary/aromatic N) is 4. The van der Waals surface area contributed by atoms with Crippen LogP contribution in [0.4, 0.5) is 5.82 Å². The zero-order valence-electron chi connectivity index (χ0n) is 8.38. The minimum atomic E-state index is 0.513. The highest BCUT2D eigenvalue weighted by Gasteiger charge is 2.04. The van der Waals surface area contributed by atoms with E-state index < -0.39 is 0 Å². The molecule has 0 aliphatic rings. The third-order valence-electron chi connectivity index (χ3n) is 1.98. The molecule has 0 radical (unpaired) electrons. The third kappa shape index (κ3) is 1.74. The molecule has 74 valence electrons. The lowest BCUT2D eigenvalue weighted by molar-refractivity contribution is 1.24. The number of aromatic nitrogens is 2. The van der Waals surface area contributed by atoms with Crippen LogP contribution in [-0.2, 0) is 0 Å². The minimum absolute atomic E-state index is 0.513. The summed E-state index contributed by atoms with van der Waals surface area (Å²) in [6.45, 7) is 3.47. The van der Waals surface area contributed by atoms with E-state index in [2.05, 4.69) is 26.7 Å². The summed E-state index contributed by atoms with van der Waals surface area (Å²) in [6.07, 6.45) is 1.63. The van der Waals surface area contributed by atoms with Gasteiger partial charge in [-0.25, -0.2) is 15.0 Å². The summed E-state index contributed by atoms with van der Waals surface area (Å²) in [7, 11) is 1.68. The van der Waals surface area contributed by atoms with Gasteiger partial charge in [-0.2, -0.15) is 0 Å². The van der Waals surface area contributed by atoms with E-state index in [1.54, 1.807) is 13.3 Å². The Morgan fingerprint density at radius 3 is 2.47 bits per heavy atom. The van der Waals surface area contributed by atoms with E-state index in [0.717, 1.165) is 11.0 Å². The maximum Gasteiger partial charge on any atom is 0.179 e. The van der Waals surface area contributed by atoms with Gasteiger partial charge in [0.2, 0.25) is 0 Å². The quantitative estimate of drug-likeness (QED) is 0.693. The first-order valence-corrected chi connectivity index (χ1v) is 4.51. The maximum absolute atomic E-state index is 4.39. The molecule has 0 atom stereocenters. The number of hydrogen-bond donors (Lipinski definition) is 0. The fourth-order valence-corrected chi connectivity index (χ4v) is 1.33. The molecule has 0 saturated heterocycles. The van der Waals surface area contributed by atoms with E-state index in [1.807, 2.05) is 24.3 Å². The molecular weight excluding hydrogens is 188 g/mol. The smallest absolute Gasteiger partial charge is 0.179 e. The second-order valence-electron chi connectivity index (χ2n) is 2.97. The van der Waals surface area contributed by atoms with Crippen LogP contribution in [0.3, 0.4) is 0 Å². The molecule has 0 spiro atoms. The van der Waals surface area contributed by atoms with Crippen molar-refractivity contribution in [2.24, 2.45) is 9.98 Å². The van der Waals surface area contributed by atoms with E-state index in [0.29, 0.717) is 11.5 Å². The average molecular weight is 198 g/mol. The molecule has 0 aliphatic carbocycles. The van der Waals surface area contributed by atoms with Crippen LogP contribution in [0.1, 0.15) is 5.69 Å². The van der Waals surface area contributed by atoms with Crippen molar-refractivity contribution >= 4 is 29.8 Å². The second-order valence-corrected chi connectivity index (χ2v) is 2.97. The standard InChI is InChI=1S/C11H10N4/c1-12-7-10-11(13-2)15-9-6-4-3-5-8(9)14-10/h3-7H,2H2,1H3/b12-7-. The summed E-state index contributed by atoms with van der Waals surface area (Å²) in [5, 5.41) is 0. The van der Waals surface area contributed by atoms with Gasteiger partial charge >= 0.3 is 0 Å². The van der Waals surface area contributed by atoms with Crippen LogP contribution in [0.5, 0.6) is 0 Å². The number of benzene rings is 1. The van der Waals surface area contributed by atoms with Crippen molar-refractivity contribution < 1.29 is 0 Å². The summed E-state index contributed by atoms with van der Waals surface area (Å²) in [5.41, 5.74) is 2.29. The fourth-order valence-electron chi connectivity index (χ4n) is 1.33. The number of hydrogen-bond acceptors (Lipinski definition) is 4. The Morgan fingerprint density at radius 2 is 1.87 bits per heavy atom. The predicted molar refractivity (Wildman–Crippen MR) is 62.3 cm³/mol. The molecule has 0 bridgehead atoms. The first-order valence-electron chi connectivity index (χ1n) is 4.51. The van der Waals surface area contributed by atoms with Crippen LogP contribution in [0, 0.1) is 0 Å². The molecule has 0 fully saturated rings. The van der Waals surface area contributed by atoms with Crippen molar-refractivity contribution in [2.45, 2.75) is 0 Å². The number of fused-ring (bicyclic) bond motifs is 1. The summed E-state index contributed by atoms with van der Waals surface area (Å²) in [6, 6.07) is 7.63. The zero-order valence-corrected chi connectivity index (χ0v) is 8.38. The van der Waals surface area contributed by atoms with E-state index in [1.165, 1.54) is 0 Å². The summed E-state index contributed by atoms with van der Waals surface area (Å²) < 4.78 is 0. The van der Waals surface area contributed by atoms with Gasteiger partial charge in [0.15, 0.2) is 5.82 Å². The largest absolute Gasteiger partial charge is 0.294 e. The molecule has 1 aromatic carbocycles. The normalized spacial score (nSPS) is 11.0. The van der Waals surface area contributed by atoms with Crippen molar-refractivity contribution in [3.05, 3.63) is 30.0 Å². The lowest BCUT2D eigenvalue weighted by Crippen LogP contribution is -1.93. The Balaban J connectivity index is 2.74. The molecule has 1 heterocycles. The van der Waals surface area contributed by atoms with Gasteiger partial charge in [0.1, 0.15) is 5.69 Å². The molecule has 0 amide bonds. The number of rotatable bonds is 2. The third-order valence-corrected chi connectivity index (χ3v) is 1.98. The Hall–Kier alpha value is -2.10. The van der Waals surface area contributed by atoms with Crippen LogP contribution in [0.25, 0.3) is 11.0 Å². The number of para-hydroxylation sites is 2. The first kappa shape index (κ1) is 9.45. The minimum Gasteiger partial charge on any atom is -0.294 e. The van der Waals surface area contributed by atoms with Crippen molar-refractivity contribution in [1.82, 2.24) is 9.97 Å². The molecule has 0 N–H and O–H groups in total. The van der Waals surface area contributed by atoms with Crippen LogP contribution >= 0.6 is 0 Å². The Kier molecular flexibility index (Phi) is 2.49. The highest BCUT2D eigenvalue weighted by molar-refractivity contribution is 5.88. The fraction of sp³-hybridized carbons (Fsp3) is 0.0909. The Bertz CT molecular complexity index is 531. The van der Waals surface area contributed by atoms with Gasteiger partial charge in [0, 0.05) is 7.05 Å². The van der Waals surface area contributed by atoms with E-state index in [9.17, 15) is 0 Å². The molecule has 4 nitrogen and oxygen atoms in total. The maximum atomic E-state index is 4.39. The van der Waals surface area contributed by atoms with Crippen LogP contribution in [-0.4, -0.2) is 29.9 Å². The summed E-state index contributed by atoms with van der Waals surface area (Å²) in [4.78, 5) is 16.4. The van der Waals surface area contributed by atoms with Crippen molar-refractivity contribution in [3.8, 4) is 0 Å². The first-order chi connectivity index (χ1) is 7.35. The molecule has 0 unspecified atom stereocenters. The lowest BCUT2D eigenvalue weighted by Gasteiger charge is -2.01. The molecule has 0 aliphatic heterocycles. The van der Waals surface area contributed by atoms with E-state index >= 15 is 0 Å². The molecule has 2 rings (SSSR count). The topological polar surface area (TPSA) is 50.5 Å². The van der Waals surface area contributed by atoms with Gasteiger partial charge in [-0.05, 0) is 18.9 Å². The highest BCUT2D eigenvalue weighted by Crippen LogP contribution is 2.17. The van der Waals surface area contributed by atoms with Gasteiger partial charge in [-0.3, -0.25) is 4.99 Å². The molecule has 0 saturated carbocycles. The molecule has 4 heteroatoms. The molecule has 15 heavy (non-hydrogen) atoms. The van der Waals surface area contributed by atoms with Gasteiger partial charge in [0.05, 0.1) is 17.2 Å². The van der Waals surface area contributed by atoms with Crippen molar-refractivity contribution in [3.63, 3.8) is 0 Å². The molecular formula is C11H10N4. The zero-order chi connectivity index (χ0) is 10.7. The lowest BCUT2D eigenvalue weighted by atomic mass is 10.3. The summed E-state index contributed by atoms with van der Waals surface area (Å²) >= 11 is 0. The van der Waals surface area contributed by atoms with Gasteiger partial charge in [-0.15, -0.1) is 0 Å². The average Bonchev–Trinajstić information content (AvgIpc) is 2.28. The number of aliphatic imine (C=N–C) groups is 2. The molecule has 1 aromatic heterocycles. The highest BCUT2D eigenvalue weighted by atomic mass is 15.0. The summed E-state index contributed by atoms with van der Waals surface area (Å²) in [5.74, 6) is 0.513. The van der Waals surface area contributed by atoms with E-state index in [-0.39, 0.29) is 0 Å². The van der Waals surface area contributed by atoms with Crippen molar-refractivity contribution in [1.29, 1.82) is 0 Å². The van der Waals surface area contributed by atoms with Crippen LogP contribution in [0.15, 0.2) is 34.3 Å². The van der Waals surface area contributed by atoms with Crippen LogP contribution in [0.2, 0.25) is 0 Å². The molecule has 2 aromatic rings. The van der Waals surface area contributed by atoms with E-state index in [4.69, 9.17) is 0 Å². The van der Waals surface area contributed by atoms with Crippen LogP contribution < -0.4 is 0 Å². The second kappa shape index (κ2) is 3.96. The van der Waals surface area contributed by atoms with Gasteiger partial charge in [0.25, 0.3) is 0 Å². The van der Waals surface area contributed by atoms with Crippen molar-refractivity contribution in [2.75, 3.05) is 7.05 Å². The SMILES string of the molecule is C=Nc1nc2ccccc2nc1/C=N\C. The van der Waals surface area contributed by atoms with Gasteiger partial charge < -0.3 is 0 Å². The Labute approximate surface area is 87.4 Å². The predicted octanol–water partition coefficient (Wildman–Crippen LogP) is 2.01. The monoisotopic (exact) mass is 198 g/mol. The Morgan fingerprint density at radius 1 is 1.20 bits per heavy atom. The van der Waals surface area contributed by atoms with Gasteiger partial charge in [-0.1, -0.05) is 12.1 Å².